The van der Waals surface area contributed by atoms with Gasteiger partial charge in [-0.1, -0.05) is 30.3 Å². The summed E-state index contributed by atoms with van der Waals surface area (Å²) in [5.74, 6) is 1.44. The average molecular weight is 386 g/mol. The van der Waals surface area contributed by atoms with Gasteiger partial charge in [-0.2, -0.15) is 0 Å². The maximum atomic E-state index is 12.5. The zero-order chi connectivity index (χ0) is 20.2. The van der Waals surface area contributed by atoms with Crippen LogP contribution in [0.15, 0.2) is 72.8 Å². The summed E-state index contributed by atoms with van der Waals surface area (Å²) in [7, 11) is 0. The van der Waals surface area contributed by atoms with Gasteiger partial charge in [-0.25, -0.2) is 0 Å². The number of amides is 2. The molecular formula is C24H22N2O3. The second-order valence-electron chi connectivity index (χ2n) is 7.01. The van der Waals surface area contributed by atoms with Gasteiger partial charge in [0.15, 0.2) is 0 Å². The fourth-order valence-corrected chi connectivity index (χ4v) is 3.45. The Morgan fingerprint density at radius 3 is 2.41 bits per heavy atom. The molecule has 1 aliphatic rings. The van der Waals surface area contributed by atoms with Crippen molar-refractivity contribution in [3.8, 4) is 11.5 Å². The molecule has 2 amide bonds. The van der Waals surface area contributed by atoms with Gasteiger partial charge >= 0.3 is 0 Å². The van der Waals surface area contributed by atoms with E-state index in [-0.39, 0.29) is 11.8 Å². The quantitative estimate of drug-likeness (QED) is 0.711. The van der Waals surface area contributed by atoms with Crippen LogP contribution in [0.1, 0.15) is 28.4 Å². The highest BCUT2D eigenvalue weighted by Crippen LogP contribution is 2.29. The molecule has 1 aliphatic heterocycles. The number of ether oxygens (including phenoxy) is 1. The van der Waals surface area contributed by atoms with Gasteiger partial charge in [0, 0.05) is 31.3 Å². The fourth-order valence-electron chi connectivity index (χ4n) is 3.45. The maximum Gasteiger partial charge on any atom is 0.251 e. The minimum Gasteiger partial charge on any atom is -0.457 e. The van der Waals surface area contributed by atoms with Gasteiger partial charge in [-0.15, -0.1) is 0 Å². The molecule has 0 aliphatic carbocycles. The normalized spacial score (nSPS) is 12.4. The molecule has 1 heterocycles. The highest BCUT2D eigenvalue weighted by atomic mass is 16.5. The Labute approximate surface area is 169 Å². The molecule has 5 heteroatoms. The molecule has 0 fully saturated rings. The summed E-state index contributed by atoms with van der Waals surface area (Å²) in [5, 5.41) is 2.95. The summed E-state index contributed by atoms with van der Waals surface area (Å²) < 4.78 is 5.78. The lowest BCUT2D eigenvalue weighted by Crippen LogP contribution is -2.26. The first kappa shape index (κ1) is 18.7. The fraction of sp³-hybridized carbons (Fsp3) is 0.167. The van der Waals surface area contributed by atoms with Crippen molar-refractivity contribution >= 4 is 17.5 Å². The molecule has 1 N–H and O–H groups in total. The van der Waals surface area contributed by atoms with E-state index in [1.165, 1.54) is 0 Å². The van der Waals surface area contributed by atoms with E-state index in [9.17, 15) is 9.59 Å². The van der Waals surface area contributed by atoms with Crippen LogP contribution in [0.3, 0.4) is 0 Å². The number of rotatable bonds is 5. The molecular weight excluding hydrogens is 364 g/mol. The van der Waals surface area contributed by atoms with Crippen molar-refractivity contribution < 1.29 is 14.3 Å². The summed E-state index contributed by atoms with van der Waals surface area (Å²) in [4.78, 5) is 25.9. The second kappa shape index (κ2) is 8.19. The third kappa shape index (κ3) is 4.29. The van der Waals surface area contributed by atoms with E-state index < -0.39 is 0 Å². The van der Waals surface area contributed by atoms with Crippen LogP contribution in [0.4, 0.5) is 5.69 Å². The predicted octanol–water partition coefficient (Wildman–Crippen LogP) is 4.32. The van der Waals surface area contributed by atoms with E-state index in [2.05, 4.69) is 5.32 Å². The van der Waals surface area contributed by atoms with Gasteiger partial charge in [0.05, 0.1) is 0 Å². The second-order valence-corrected chi connectivity index (χ2v) is 7.01. The minimum atomic E-state index is -0.126. The third-order valence-electron chi connectivity index (χ3n) is 4.97. The first-order valence-corrected chi connectivity index (χ1v) is 9.61. The molecule has 0 bridgehead atoms. The number of hydrogen-bond donors (Lipinski definition) is 1. The van der Waals surface area contributed by atoms with Crippen LogP contribution in [0, 0.1) is 0 Å². The van der Waals surface area contributed by atoms with Crippen LogP contribution in [0.25, 0.3) is 0 Å². The van der Waals surface area contributed by atoms with Crippen molar-refractivity contribution in [2.45, 2.75) is 19.9 Å². The smallest absolute Gasteiger partial charge is 0.251 e. The maximum absolute atomic E-state index is 12.5. The lowest BCUT2D eigenvalue weighted by atomic mass is 10.1. The molecule has 0 saturated carbocycles. The Hall–Kier alpha value is -3.60. The van der Waals surface area contributed by atoms with Crippen LogP contribution in [0.2, 0.25) is 0 Å². The van der Waals surface area contributed by atoms with Crippen LogP contribution in [0.5, 0.6) is 11.5 Å². The van der Waals surface area contributed by atoms with Gasteiger partial charge in [0.1, 0.15) is 11.5 Å². The Bertz CT molecular complexity index is 1030. The summed E-state index contributed by atoms with van der Waals surface area (Å²) in [6.07, 6.45) is 0.777. The number of hydrogen-bond acceptors (Lipinski definition) is 3. The van der Waals surface area contributed by atoms with Crippen LogP contribution >= 0.6 is 0 Å². The van der Waals surface area contributed by atoms with Gasteiger partial charge in [-0.3, -0.25) is 9.59 Å². The summed E-state index contributed by atoms with van der Waals surface area (Å²) in [5.41, 5.74) is 3.54. The number of para-hydroxylation sites is 1. The van der Waals surface area contributed by atoms with E-state index >= 15 is 0 Å². The molecule has 4 rings (SSSR count). The summed E-state index contributed by atoms with van der Waals surface area (Å²) in [6, 6.07) is 22.8. The number of anilines is 1. The monoisotopic (exact) mass is 386 g/mol. The Morgan fingerprint density at radius 2 is 1.69 bits per heavy atom. The molecule has 29 heavy (non-hydrogen) atoms. The van der Waals surface area contributed by atoms with E-state index in [1.54, 1.807) is 17.9 Å². The Balaban J connectivity index is 1.36. The standard InChI is InChI=1S/C24H22N2O3/c1-17(27)26-14-13-19-15-20(9-12-23(19)26)24(28)25-16-18-7-10-22(11-8-18)29-21-5-3-2-4-6-21/h2-12,15H,13-14,16H2,1H3,(H,25,28). The van der Waals surface area contributed by atoms with E-state index in [0.717, 1.165) is 34.7 Å². The number of benzene rings is 3. The van der Waals surface area contributed by atoms with Crippen molar-refractivity contribution in [3.63, 3.8) is 0 Å². The minimum absolute atomic E-state index is 0.0284. The zero-order valence-corrected chi connectivity index (χ0v) is 16.2. The van der Waals surface area contributed by atoms with E-state index in [0.29, 0.717) is 18.7 Å². The Kier molecular flexibility index (Phi) is 5.29. The molecule has 0 unspecified atom stereocenters. The van der Waals surface area contributed by atoms with E-state index in [1.807, 2.05) is 66.7 Å². The van der Waals surface area contributed by atoms with Crippen molar-refractivity contribution in [2.24, 2.45) is 0 Å². The molecule has 146 valence electrons. The molecule has 0 atom stereocenters. The first-order valence-electron chi connectivity index (χ1n) is 9.61. The van der Waals surface area contributed by atoms with Crippen LogP contribution in [-0.2, 0) is 17.8 Å². The lowest BCUT2D eigenvalue weighted by molar-refractivity contribution is -0.116. The number of nitrogens with zero attached hydrogens (tertiary/aromatic N) is 1. The SMILES string of the molecule is CC(=O)N1CCc2cc(C(=O)NCc3ccc(Oc4ccccc4)cc3)ccc21. The molecule has 5 nitrogen and oxygen atoms in total. The molecule has 3 aromatic carbocycles. The van der Waals surface area contributed by atoms with Crippen molar-refractivity contribution in [1.29, 1.82) is 0 Å². The highest BCUT2D eigenvalue weighted by Gasteiger charge is 2.23. The molecule has 0 aromatic heterocycles. The molecule has 0 radical (unpaired) electrons. The molecule has 3 aromatic rings. The van der Waals surface area contributed by atoms with Crippen LogP contribution in [-0.4, -0.2) is 18.4 Å². The predicted molar refractivity (Wildman–Crippen MR) is 112 cm³/mol. The third-order valence-corrected chi connectivity index (χ3v) is 4.97. The van der Waals surface area contributed by atoms with Gasteiger partial charge in [0.2, 0.25) is 5.91 Å². The van der Waals surface area contributed by atoms with E-state index in [4.69, 9.17) is 4.74 Å². The van der Waals surface area contributed by atoms with Crippen molar-refractivity contribution in [3.05, 3.63) is 89.5 Å². The number of carbonyl (C=O) groups excluding carboxylic acids is 2. The topological polar surface area (TPSA) is 58.6 Å². The van der Waals surface area contributed by atoms with Crippen LogP contribution < -0.4 is 15.0 Å². The molecule has 0 saturated heterocycles. The number of fused-ring (bicyclic) bond motifs is 1. The highest BCUT2D eigenvalue weighted by molar-refractivity contribution is 5.97. The largest absolute Gasteiger partial charge is 0.457 e. The summed E-state index contributed by atoms with van der Waals surface area (Å²) >= 11 is 0. The van der Waals surface area contributed by atoms with Crippen molar-refractivity contribution in [1.82, 2.24) is 5.32 Å². The summed E-state index contributed by atoms with van der Waals surface area (Å²) in [6.45, 7) is 2.67. The number of carbonyl (C=O) groups is 2. The Morgan fingerprint density at radius 1 is 0.966 bits per heavy atom. The lowest BCUT2D eigenvalue weighted by Gasteiger charge is -2.14. The van der Waals surface area contributed by atoms with Gasteiger partial charge < -0.3 is 15.0 Å². The zero-order valence-electron chi connectivity index (χ0n) is 16.2. The average Bonchev–Trinajstić information content (AvgIpc) is 3.17. The first-order chi connectivity index (χ1) is 14.1. The number of nitrogens with one attached hydrogen (secondary N) is 1. The molecule has 0 spiro atoms. The van der Waals surface area contributed by atoms with Crippen molar-refractivity contribution in [2.75, 3.05) is 11.4 Å². The van der Waals surface area contributed by atoms with Gasteiger partial charge in [0.25, 0.3) is 5.91 Å². The van der Waals surface area contributed by atoms with Gasteiger partial charge in [-0.05, 0) is 60.0 Å².